The first kappa shape index (κ1) is 18.6. The molecule has 0 unspecified atom stereocenters. The SMILES string of the molecule is CC(=O)Nc1cccc(NC(=O)NC(C)(C)c2ccc3c(c2)OCCO3)c1. The van der Waals surface area contributed by atoms with E-state index in [1.54, 1.807) is 24.3 Å². The Balaban J connectivity index is 1.68. The van der Waals surface area contributed by atoms with Crippen LogP contribution in [0.4, 0.5) is 16.2 Å². The van der Waals surface area contributed by atoms with Crippen LogP contribution >= 0.6 is 0 Å². The first-order chi connectivity index (χ1) is 12.8. The molecule has 3 amide bonds. The number of nitrogens with one attached hydrogen (secondary N) is 3. The molecule has 7 nitrogen and oxygen atoms in total. The molecule has 0 aromatic heterocycles. The van der Waals surface area contributed by atoms with Crippen molar-refractivity contribution in [1.82, 2.24) is 5.32 Å². The molecule has 2 aromatic rings. The van der Waals surface area contributed by atoms with Crippen LogP contribution in [0.1, 0.15) is 26.3 Å². The van der Waals surface area contributed by atoms with Gasteiger partial charge in [0.25, 0.3) is 0 Å². The van der Waals surface area contributed by atoms with Crippen LogP contribution in [0.5, 0.6) is 11.5 Å². The van der Waals surface area contributed by atoms with Gasteiger partial charge in [0.2, 0.25) is 5.91 Å². The number of hydrogen-bond donors (Lipinski definition) is 3. The van der Waals surface area contributed by atoms with Gasteiger partial charge in [0.05, 0.1) is 5.54 Å². The molecular weight excluding hydrogens is 346 g/mol. The second-order valence-electron chi connectivity index (χ2n) is 6.82. The zero-order chi connectivity index (χ0) is 19.4. The first-order valence-corrected chi connectivity index (χ1v) is 8.70. The lowest BCUT2D eigenvalue weighted by Crippen LogP contribution is -2.43. The van der Waals surface area contributed by atoms with Crippen LogP contribution < -0.4 is 25.4 Å². The van der Waals surface area contributed by atoms with Crippen molar-refractivity contribution in [3.63, 3.8) is 0 Å². The molecule has 0 atom stereocenters. The van der Waals surface area contributed by atoms with Crippen molar-refractivity contribution in [3.05, 3.63) is 48.0 Å². The van der Waals surface area contributed by atoms with E-state index in [0.717, 1.165) is 5.56 Å². The fourth-order valence-corrected chi connectivity index (χ4v) is 2.83. The molecule has 0 fully saturated rings. The Hall–Kier alpha value is -3.22. The van der Waals surface area contributed by atoms with Crippen LogP contribution in [0.25, 0.3) is 0 Å². The van der Waals surface area contributed by atoms with Gasteiger partial charge in [-0.25, -0.2) is 4.79 Å². The average molecular weight is 369 g/mol. The van der Waals surface area contributed by atoms with Gasteiger partial charge in [0, 0.05) is 18.3 Å². The predicted octanol–water partition coefficient (Wildman–Crippen LogP) is 3.47. The smallest absolute Gasteiger partial charge is 0.319 e. The van der Waals surface area contributed by atoms with Crippen molar-refractivity contribution in [2.24, 2.45) is 0 Å². The fraction of sp³-hybridized carbons (Fsp3) is 0.300. The molecule has 1 aliphatic heterocycles. The van der Waals surface area contributed by atoms with E-state index < -0.39 is 5.54 Å². The molecule has 2 aromatic carbocycles. The second-order valence-corrected chi connectivity index (χ2v) is 6.82. The standard InChI is InChI=1S/C20H23N3O4/c1-13(24)21-15-5-4-6-16(12-15)22-19(25)23-20(2,3)14-7-8-17-18(11-14)27-10-9-26-17/h4-8,11-12H,9-10H2,1-3H3,(H,21,24)(H2,22,23,25). The van der Waals surface area contributed by atoms with Crippen LogP contribution in [-0.2, 0) is 10.3 Å². The van der Waals surface area contributed by atoms with Crippen molar-refractivity contribution >= 4 is 23.3 Å². The minimum absolute atomic E-state index is 0.170. The van der Waals surface area contributed by atoms with E-state index in [2.05, 4.69) is 16.0 Å². The monoisotopic (exact) mass is 369 g/mol. The lowest BCUT2D eigenvalue weighted by molar-refractivity contribution is -0.114. The molecule has 142 valence electrons. The van der Waals surface area contributed by atoms with Crippen molar-refractivity contribution in [2.75, 3.05) is 23.8 Å². The fourth-order valence-electron chi connectivity index (χ4n) is 2.83. The zero-order valence-electron chi connectivity index (χ0n) is 15.6. The number of amides is 3. The summed E-state index contributed by atoms with van der Waals surface area (Å²) in [6.45, 7) is 6.30. The van der Waals surface area contributed by atoms with Gasteiger partial charge in [-0.1, -0.05) is 12.1 Å². The summed E-state index contributed by atoms with van der Waals surface area (Å²) in [5, 5.41) is 8.43. The summed E-state index contributed by atoms with van der Waals surface area (Å²) in [5.41, 5.74) is 1.46. The maximum absolute atomic E-state index is 12.5. The third kappa shape index (κ3) is 4.69. The van der Waals surface area contributed by atoms with E-state index in [9.17, 15) is 9.59 Å². The summed E-state index contributed by atoms with van der Waals surface area (Å²) in [5.74, 6) is 1.22. The van der Waals surface area contributed by atoms with E-state index >= 15 is 0 Å². The van der Waals surface area contributed by atoms with E-state index in [1.807, 2.05) is 32.0 Å². The summed E-state index contributed by atoms with van der Waals surface area (Å²) >= 11 is 0. The number of fused-ring (bicyclic) bond motifs is 1. The van der Waals surface area contributed by atoms with E-state index in [1.165, 1.54) is 6.92 Å². The van der Waals surface area contributed by atoms with Gasteiger partial charge < -0.3 is 25.4 Å². The third-order valence-electron chi connectivity index (χ3n) is 4.13. The molecule has 3 N–H and O–H groups in total. The van der Waals surface area contributed by atoms with Crippen LogP contribution in [0.2, 0.25) is 0 Å². The Kier molecular flexibility index (Phi) is 5.21. The molecule has 27 heavy (non-hydrogen) atoms. The van der Waals surface area contributed by atoms with Gasteiger partial charge in [-0.3, -0.25) is 4.79 Å². The summed E-state index contributed by atoms with van der Waals surface area (Å²) in [4.78, 5) is 23.6. The number of ether oxygens (including phenoxy) is 2. The van der Waals surface area contributed by atoms with E-state index in [4.69, 9.17) is 9.47 Å². The van der Waals surface area contributed by atoms with E-state index in [-0.39, 0.29) is 11.9 Å². The summed E-state index contributed by atoms with van der Waals surface area (Å²) in [7, 11) is 0. The molecule has 1 heterocycles. The first-order valence-electron chi connectivity index (χ1n) is 8.70. The molecule has 0 bridgehead atoms. The Labute approximate surface area is 158 Å². The molecule has 0 spiro atoms. The number of carbonyl (C=O) groups excluding carboxylic acids is 2. The highest BCUT2D eigenvalue weighted by atomic mass is 16.6. The Morgan fingerprint density at radius 2 is 1.59 bits per heavy atom. The number of carbonyl (C=O) groups is 2. The maximum Gasteiger partial charge on any atom is 0.319 e. The highest BCUT2D eigenvalue weighted by Crippen LogP contribution is 2.34. The largest absolute Gasteiger partial charge is 0.486 e. The maximum atomic E-state index is 12.5. The van der Waals surface area contributed by atoms with Gasteiger partial charge in [-0.05, 0) is 49.7 Å². The molecular formula is C20H23N3O4. The van der Waals surface area contributed by atoms with Crippen molar-refractivity contribution in [2.45, 2.75) is 26.3 Å². The molecule has 3 rings (SSSR count). The number of urea groups is 1. The Morgan fingerprint density at radius 3 is 2.30 bits per heavy atom. The van der Waals surface area contributed by atoms with Crippen LogP contribution in [0.15, 0.2) is 42.5 Å². The lowest BCUT2D eigenvalue weighted by Gasteiger charge is -2.28. The van der Waals surface area contributed by atoms with E-state index in [0.29, 0.717) is 36.1 Å². The van der Waals surface area contributed by atoms with Gasteiger partial charge in [-0.15, -0.1) is 0 Å². The minimum Gasteiger partial charge on any atom is -0.486 e. The number of hydrogen-bond acceptors (Lipinski definition) is 4. The van der Waals surface area contributed by atoms with Crippen molar-refractivity contribution < 1.29 is 19.1 Å². The van der Waals surface area contributed by atoms with Crippen LogP contribution in [0, 0.1) is 0 Å². The van der Waals surface area contributed by atoms with Gasteiger partial charge in [0.1, 0.15) is 13.2 Å². The quantitative estimate of drug-likeness (QED) is 0.770. The molecule has 0 saturated carbocycles. The topological polar surface area (TPSA) is 88.7 Å². The number of anilines is 2. The molecule has 0 saturated heterocycles. The van der Waals surface area contributed by atoms with Crippen LogP contribution in [0.3, 0.4) is 0 Å². The highest BCUT2D eigenvalue weighted by Gasteiger charge is 2.25. The van der Waals surface area contributed by atoms with Gasteiger partial charge in [-0.2, -0.15) is 0 Å². The molecule has 0 radical (unpaired) electrons. The van der Waals surface area contributed by atoms with Crippen molar-refractivity contribution in [3.8, 4) is 11.5 Å². The van der Waals surface area contributed by atoms with Crippen molar-refractivity contribution in [1.29, 1.82) is 0 Å². The normalized spacial score (nSPS) is 12.9. The average Bonchev–Trinajstić information content (AvgIpc) is 2.60. The third-order valence-corrected chi connectivity index (χ3v) is 4.13. The Bertz CT molecular complexity index is 864. The predicted molar refractivity (Wildman–Crippen MR) is 103 cm³/mol. The van der Waals surface area contributed by atoms with Gasteiger partial charge in [0.15, 0.2) is 11.5 Å². The molecule has 1 aliphatic rings. The van der Waals surface area contributed by atoms with Crippen LogP contribution in [-0.4, -0.2) is 25.2 Å². The zero-order valence-corrected chi connectivity index (χ0v) is 15.6. The molecule has 7 heteroatoms. The van der Waals surface area contributed by atoms with Gasteiger partial charge >= 0.3 is 6.03 Å². The second kappa shape index (κ2) is 7.57. The summed E-state index contributed by atoms with van der Waals surface area (Å²) < 4.78 is 11.2. The lowest BCUT2D eigenvalue weighted by atomic mass is 9.94. The summed E-state index contributed by atoms with van der Waals surface area (Å²) in [6.07, 6.45) is 0. The number of rotatable bonds is 4. The summed E-state index contributed by atoms with van der Waals surface area (Å²) in [6, 6.07) is 12.2. The Morgan fingerprint density at radius 1 is 0.926 bits per heavy atom. The highest BCUT2D eigenvalue weighted by molar-refractivity contribution is 5.92. The molecule has 0 aliphatic carbocycles. The minimum atomic E-state index is -0.630. The number of benzene rings is 2.